The molecule has 0 fully saturated rings. The van der Waals surface area contributed by atoms with Gasteiger partial charge in [-0.05, 0) is 61.1 Å². The number of aliphatic hydroxyl groups is 1. The molecule has 3 aromatic rings. The summed E-state index contributed by atoms with van der Waals surface area (Å²) in [5.41, 5.74) is 2.06. The van der Waals surface area contributed by atoms with Crippen molar-refractivity contribution in [3.63, 3.8) is 0 Å². The quantitative estimate of drug-likeness (QED) is 0.506. The minimum Gasteiger partial charge on any atom is -0.491 e. The lowest BCUT2D eigenvalue weighted by atomic mass is 9.87. The fraction of sp³-hybridized carbons (Fsp3) is 0.435. The van der Waals surface area contributed by atoms with Gasteiger partial charge >= 0.3 is 0 Å². The molecule has 0 bridgehead atoms. The van der Waals surface area contributed by atoms with Crippen LogP contribution >= 0.6 is 23.1 Å². The minimum absolute atomic E-state index is 0.180. The first-order valence-electron chi connectivity index (χ1n) is 10.5. The van der Waals surface area contributed by atoms with Gasteiger partial charge in [0, 0.05) is 17.7 Å². The Morgan fingerprint density at radius 3 is 2.90 bits per heavy atom. The third-order valence-corrected chi connectivity index (χ3v) is 8.05. The molecule has 0 spiro atoms. The molecule has 1 aliphatic carbocycles. The molecule has 2 unspecified atom stereocenters. The number of rotatable bonds is 8. The number of thioether (sulfide) groups is 1. The van der Waals surface area contributed by atoms with Gasteiger partial charge in [0.1, 0.15) is 12.4 Å². The first-order valence-corrected chi connectivity index (χ1v) is 12.3. The molecular formula is C23H26N4O2S2. The standard InChI is InChI=1S/C23H26N4O2S2/c1-3-15-6-9-20-17(10-15)11-21(31-20)22-25-26-23(27(22)2)30-14-18(28)13-29-19-7-4-16(12-24)5-8-19/h4-5,7-8,11,15,18,28H,3,6,9-10,13-14H2,1-2H3. The van der Waals surface area contributed by atoms with Gasteiger partial charge in [-0.1, -0.05) is 25.1 Å². The number of aromatic nitrogens is 3. The number of benzene rings is 1. The highest BCUT2D eigenvalue weighted by molar-refractivity contribution is 7.99. The molecule has 1 aliphatic rings. The molecule has 1 N–H and O–H groups in total. The molecule has 0 radical (unpaired) electrons. The zero-order valence-electron chi connectivity index (χ0n) is 17.7. The Hall–Kier alpha value is -2.34. The Morgan fingerprint density at radius 2 is 2.16 bits per heavy atom. The highest BCUT2D eigenvalue weighted by Crippen LogP contribution is 2.38. The van der Waals surface area contributed by atoms with Crippen molar-refractivity contribution in [2.75, 3.05) is 12.4 Å². The van der Waals surface area contributed by atoms with Crippen LogP contribution in [0.15, 0.2) is 35.5 Å². The summed E-state index contributed by atoms with van der Waals surface area (Å²) in [5.74, 6) is 2.78. The van der Waals surface area contributed by atoms with E-state index < -0.39 is 6.10 Å². The predicted octanol–water partition coefficient (Wildman–Crippen LogP) is 4.46. The summed E-state index contributed by atoms with van der Waals surface area (Å²) in [7, 11) is 1.98. The van der Waals surface area contributed by atoms with E-state index in [1.165, 1.54) is 52.8 Å². The second-order valence-electron chi connectivity index (χ2n) is 7.85. The first kappa shape index (κ1) is 21.9. The Balaban J connectivity index is 1.33. The van der Waals surface area contributed by atoms with Crippen molar-refractivity contribution in [2.45, 2.75) is 43.9 Å². The number of fused-ring (bicyclic) bond motifs is 1. The van der Waals surface area contributed by atoms with Crippen molar-refractivity contribution in [2.24, 2.45) is 13.0 Å². The highest BCUT2D eigenvalue weighted by Gasteiger charge is 2.22. The summed E-state index contributed by atoms with van der Waals surface area (Å²) in [6, 6.07) is 11.2. The minimum atomic E-state index is -0.638. The topological polar surface area (TPSA) is 84.0 Å². The van der Waals surface area contributed by atoms with Gasteiger partial charge in [0.2, 0.25) is 0 Å². The van der Waals surface area contributed by atoms with Crippen LogP contribution in [0.2, 0.25) is 0 Å². The summed E-state index contributed by atoms with van der Waals surface area (Å²) in [4.78, 5) is 2.67. The number of aryl methyl sites for hydroxylation is 1. The lowest BCUT2D eigenvalue weighted by molar-refractivity contribution is 0.126. The van der Waals surface area contributed by atoms with E-state index in [1.54, 1.807) is 24.3 Å². The van der Waals surface area contributed by atoms with Gasteiger partial charge in [-0.2, -0.15) is 5.26 Å². The number of aliphatic hydroxyl groups excluding tert-OH is 1. The highest BCUT2D eigenvalue weighted by atomic mass is 32.2. The number of ether oxygens (including phenoxy) is 1. The largest absolute Gasteiger partial charge is 0.491 e. The molecule has 0 aliphatic heterocycles. The third kappa shape index (κ3) is 5.12. The maximum absolute atomic E-state index is 10.3. The zero-order valence-corrected chi connectivity index (χ0v) is 19.4. The van der Waals surface area contributed by atoms with Crippen LogP contribution < -0.4 is 4.74 Å². The molecule has 162 valence electrons. The van der Waals surface area contributed by atoms with Crippen LogP contribution in [0.5, 0.6) is 5.75 Å². The number of nitriles is 1. The average molecular weight is 455 g/mol. The van der Waals surface area contributed by atoms with Gasteiger partial charge < -0.3 is 14.4 Å². The monoisotopic (exact) mass is 454 g/mol. The van der Waals surface area contributed by atoms with Crippen LogP contribution in [0.1, 0.15) is 35.8 Å². The van der Waals surface area contributed by atoms with Crippen LogP contribution in [0.25, 0.3) is 10.7 Å². The molecule has 2 heterocycles. The summed E-state index contributed by atoms with van der Waals surface area (Å²) >= 11 is 3.31. The fourth-order valence-corrected chi connectivity index (χ4v) is 5.80. The van der Waals surface area contributed by atoms with Gasteiger partial charge in [-0.25, -0.2) is 0 Å². The van der Waals surface area contributed by atoms with Gasteiger partial charge in [0.05, 0.1) is 22.6 Å². The van der Waals surface area contributed by atoms with Crippen LogP contribution in [0.4, 0.5) is 0 Å². The van der Waals surface area contributed by atoms with E-state index in [2.05, 4.69) is 29.3 Å². The molecule has 0 saturated heterocycles. The van der Waals surface area contributed by atoms with Crippen LogP contribution in [-0.4, -0.2) is 38.3 Å². The van der Waals surface area contributed by atoms with E-state index in [-0.39, 0.29) is 6.61 Å². The first-order chi connectivity index (χ1) is 15.1. The van der Waals surface area contributed by atoms with E-state index in [0.29, 0.717) is 17.1 Å². The molecule has 0 amide bonds. The predicted molar refractivity (Wildman–Crippen MR) is 124 cm³/mol. The number of hydrogen-bond acceptors (Lipinski definition) is 7. The van der Waals surface area contributed by atoms with Crippen molar-refractivity contribution in [1.29, 1.82) is 5.26 Å². The van der Waals surface area contributed by atoms with Crippen LogP contribution in [0.3, 0.4) is 0 Å². The normalized spacial score (nSPS) is 16.5. The average Bonchev–Trinajstić information content (AvgIpc) is 3.38. The number of hydrogen-bond donors (Lipinski definition) is 1. The summed E-state index contributed by atoms with van der Waals surface area (Å²) in [5, 5.41) is 28.7. The Labute approximate surface area is 190 Å². The van der Waals surface area contributed by atoms with E-state index >= 15 is 0 Å². The second kappa shape index (κ2) is 9.86. The SMILES string of the molecule is CCC1CCc2sc(-c3nnc(SCC(O)COc4ccc(C#N)cc4)n3C)cc2C1. The van der Waals surface area contributed by atoms with Crippen molar-refractivity contribution in [1.82, 2.24) is 14.8 Å². The lowest BCUT2D eigenvalue weighted by Crippen LogP contribution is -2.20. The lowest BCUT2D eigenvalue weighted by Gasteiger charge is -2.19. The van der Waals surface area contributed by atoms with Crippen LogP contribution in [0, 0.1) is 17.2 Å². The molecule has 8 heteroatoms. The van der Waals surface area contributed by atoms with E-state index in [4.69, 9.17) is 10.00 Å². The molecule has 4 rings (SSSR count). The molecular weight excluding hydrogens is 428 g/mol. The Kier molecular flexibility index (Phi) is 6.96. The summed E-state index contributed by atoms with van der Waals surface area (Å²) < 4.78 is 7.62. The van der Waals surface area contributed by atoms with Gasteiger partial charge in [-0.15, -0.1) is 21.5 Å². The van der Waals surface area contributed by atoms with Crippen molar-refractivity contribution in [3.05, 3.63) is 46.3 Å². The van der Waals surface area contributed by atoms with Gasteiger partial charge in [0.25, 0.3) is 0 Å². The summed E-state index contributed by atoms with van der Waals surface area (Å²) in [6.45, 7) is 2.46. The van der Waals surface area contributed by atoms with E-state index in [1.807, 2.05) is 23.0 Å². The fourth-order valence-electron chi connectivity index (χ4n) is 3.75. The molecule has 2 atom stereocenters. The number of thiophene rings is 1. The molecule has 6 nitrogen and oxygen atoms in total. The zero-order chi connectivity index (χ0) is 21.8. The smallest absolute Gasteiger partial charge is 0.191 e. The third-order valence-electron chi connectivity index (χ3n) is 5.65. The second-order valence-corrected chi connectivity index (χ2v) is 9.98. The Bertz CT molecular complexity index is 1070. The van der Waals surface area contributed by atoms with Gasteiger partial charge in [-0.3, -0.25) is 0 Å². The Morgan fingerprint density at radius 1 is 1.35 bits per heavy atom. The maximum Gasteiger partial charge on any atom is 0.191 e. The van der Waals surface area contributed by atoms with E-state index in [0.717, 1.165) is 16.9 Å². The van der Waals surface area contributed by atoms with Crippen molar-refractivity contribution < 1.29 is 9.84 Å². The summed E-state index contributed by atoms with van der Waals surface area (Å²) in [6.07, 6.45) is 4.23. The molecule has 1 aromatic carbocycles. The van der Waals surface area contributed by atoms with Gasteiger partial charge in [0.15, 0.2) is 11.0 Å². The van der Waals surface area contributed by atoms with Crippen LogP contribution in [-0.2, 0) is 19.9 Å². The van der Waals surface area contributed by atoms with E-state index in [9.17, 15) is 5.11 Å². The maximum atomic E-state index is 10.3. The van der Waals surface area contributed by atoms with Crippen molar-refractivity contribution >= 4 is 23.1 Å². The molecule has 2 aromatic heterocycles. The molecule has 0 saturated carbocycles. The number of nitrogens with zero attached hydrogens (tertiary/aromatic N) is 4. The van der Waals surface area contributed by atoms with Crippen molar-refractivity contribution in [3.8, 4) is 22.5 Å². The molecule has 31 heavy (non-hydrogen) atoms.